The fourth-order valence-electron chi connectivity index (χ4n) is 1.30. The van der Waals surface area contributed by atoms with Gasteiger partial charge in [0.15, 0.2) is 0 Å². The van der Waals surface area contributed by atoms with Crippen molar-refractivity contribution >= 4 is 17.6 Å². The summed E-state index contributed by atoms with van der Waals surface area (Å²) in [6, 6.07) is 3.25. The average molecular weight is 238 g/mol. The lowest BCUT2D eigenvalue weighted by atomic mass is 10.2. The Bertz CT molecular complexity index is 524. The SMILES string of the molecule is O=C(O)c1cc(Cn2cc(Cl)cn2)ccn1. The smallest absolute Gasteiger partial charge is 0.354 e. The molecule has 16 heavy (non-hydrogen) atoms. The molecule has 6 heteroatoms. The van der Waals surface area contributed by atoms with Crippen molar-refractivity contribution in [1.29, 1.82) is 0 Å². The molecule has 2 aromatic heterocycles. The Balaban J connectivity index is 2.21. The Morgan fingerprint density at radius 2 is 2.38 bits per heavy atom. The Morgan fingerprint density at radius 3 is 3.00 bits per heavy atom. The van der Waals surface area contributed by atoms with Gasteiger partial charge in [0.25, 0.3) is 0 Å². The maximum absolute atomic E-state index is 10.7. The van der Waals surface area contributed by atoms with E-state index in [2.05, 4.69) is 10.1 Å². The molecule has 2 heterocycles. The molecule has 0 saturated heterocycles. The summed E-state index contributed by atoms with van der Waals surface area (Å²) in [4.78, 5) is 14.4. The molecule has 0 radical (unpaired) electrons. The predicted octanol–water partition coefficient (Wildman–Crippen LogP) is 1.68. The highest BCUT2D eigenvalue weighted by Gasteiger charge is 2.05. The van der Waals surface area contributed by atoms with Crippen LogP contribution in [0.25, 0.3) is 0 Å². The van der Waals surface area contributed by atoms with Crippen LogP contribution in [0.15, 0.2) is 30.7 Å². The van der Waals surface area contributed by atoms with Crippen LogP contribution in [0, 0.1) is 0 Å². The Labute approximate surface area is 96.3 Å². The molecule has 0 amide bonds. The van der Waals surface area contributed by atoms with Gasteiger partial charge in [0.2, 0.25) is 0 Å². The van der Waals surface area contributed by atoms with Crippen LogP contribution in [0.1, 0.15) is 16.1 Å². The summed E-state index contributed by atoms with van der Waals surface area (Å²) in [6.45, 7) is 0.468. The third-order valence-corrected chi connectivity index (χ3v) is 2.18. The average Bonchev–Trinajstić information content (AvgIpc) is 2.64. The number of aromatic carboxylic acids is 1. The molecule has 82 valence electrons. The lowest BCUT2D eigenvalue weighted by Crippen LogP contribution is -2.04. The van der Waals surface area contributed by atoms with Gasteiger partial charge in [-0.2, -0.15) is 5.10 Å². The second-order valence-electron chi connectivity index (χ2n) is 3.21. The number of rotatable bonds is 3. The van der Waals surface area contributed by atoms with Gasteiger partial charge in [-0.15, -0.1) is 0 Å². The van der Waals surface area contributed by atoms with Gasteiger partial charge in [-0.1, -0.05) is 11.6 Å². The molecule has 2 aromatic rings. The summed E-state index contributed by atoms with van der Waals surface area (Å²) in [5, 5.41) is 13.3. The Morgan fingerprint density at radius 1 is 1.56 bits per heavy atom. The highest BCUT2D eigenvalue weighted by molar-refractivity contribution is 6.30. The molecule has 0 fully saturated rings. The number of pyridine rings is 1. The minimum Gasteiger partial charge on any atom is -0.477 e. The topological polar surface area (TPSA) is 68.0 Å². The highest BCUT2D eigenvalue weighted by atomic mass is 35.5. The summed E-state index contributed by atoms with van der Waals surface area (Å²) < 4.78 is 1.63. The number of carboxylic acids is 1. The van der Waals surface area contributed by atoms with E-state index in [0.29, 0.717) is 11.6 Å². The van der Waals surface area contributed by atoms with Gasteiger partial charge in [-0.05, 0) is 17.7 Å². The molecule has 0 spiro atoms. The summed E-state index contributed by atoms with van der Waals surface area (Å²) >= 11 is 5.72. The lowest BCUT2D eigenvalue weighted by Gasteiger charge is -2.02. The molecule has 0 bridgehead atoms. The van der Waals surface area contributed by atoms with Gasteiger partial charge in [0.1, 0.15) is 5.69 Å². The van der Waals surface area contributed by atoms with Gasteiger partial charge < -0.3 is 5.11 Å². The lowest BCUT2D eigenvalue weighted by molar-refractivity contribution is 0.0690. The normalized spacial score (nSPS) is 10.3. The number of carboxylic acid groups (broad SMARTS) is 1. The first kappa shape index (κ1) is 10.6. The molecule has 0 saturated carbocycles. The van der Waals surface area contributed by atoms with Gasteiger partial charge >= 0.3 is 5.97 Å². The molecule has 0 aliphatic rings. The molecule has 0 unspecified atom stereocenters. The van der Waals surface area contributed by atoms with Gasteiger partial charge in [0, 0.05) is 12.4 Å². The van der Waals surface area contributed by atoms with Crippen molar-refractivity contribution in [3.8, 4) is 0 Å². The summed E-state index contributed by atoms with van der Waals surface area (Å²) in [6.07, 6.45) is 4.66. The zero-order valence-electron chi connectivity index (χ0n) is 8.17. The number of nitrogens with zero attached hydrogens (tertiary/aromatic N) is 3. The molecular formula is C10H8ClN3O2. The van der Waals surface area contributed by atoms with E-state index in [0.717, 1.165) is 5.56 Å². The minimum atomic E-state index is -1.04. The zero-order chi connectivity index (χ0) is 11.5. The summed E-state index contributed by atoms with van der Waals surface area (Å²) in [5.74, 6) is -1.04. The first-order chi connectivity index (χ1) is 7.65. The van der Waals surface area contributed by atoms with Crippen LogP contribution in [0.4, 0.5) is 0 Å². The molecule has 1 N–H and O–H groups in total. The van der Waals surface area contributed by atoms with Crippen molar-refractivity contribution in [3.05, 3.63) is 47.0 Å². The Kier molecular flexibility index (Phi) is 2.87. The molecule has 5 nitrogen and oxygen atoms in total. The van der Waals surface area contributed by atoms with Crippen LogP contribution in [0.5, 0.6) is 0 Å². The molecular weight excluding hydrogens is 230 g/mol. The van der Waals surface area contributed by atoms with E-state index in [1.165, 1.54) is 18.5 Å². The Hall–Kier alpha value is -1.88. The zero-order valence-corrected chi connectivity index (χ0v) is 8.92. The van der Waals surface area contributed by atoms with Crippen LogP contribution in [0.3, 0.4) is 0 Å². The molecule has 2 rings (SSSR count). The van der Waals surface area contributed by atoms with Crippen molar-refractivity contribution in [1.82, 2.24) is 14.8 Å². The van der Waals surface area contributed by atoms with Crippen LogP contribution in [0.2, 0.25) is 5.02 Å². The highest BCUT2D eigenvalue weighted by Crippen LogP contribution is 2.08. The number of hydrogen-bond donors (Lipinski definition) is 1. The summed E-state index contributed by atoms with van der Waals surface area (Å²) in [7, 11) is 0. The van der Waals surface area contributed by atoms with Crippen molar-refractivity contribution in [2.75, 3.05) is 0 Å². The van der Waals surface area contributed by atoms with E-state index in [1.807, 2.05) is 0 Å². The second kappa shape index (κ2) is 4.32. The largest absolute Gasteiger partial charge is 0.477 e. The second-order valence-corrected chi connectivity index (χ2v) is 3.65. The van der Waals surface area contributed by atoms with E-state index in [4.69, 9.17) is 16.7 Å². The maximum Gasteiger partial charge on any atom is 0.354 e. The standard InChI is InChI=1S/C10H8ClN3O2/c11-8-4-13-14(6-8)5-7-1-2-12-9(3-7)10(15)16/h1-4,6H,5H2,(H,15,16). The van der Waals surface area contributed by atoms with E-state index < -0.39 is 5.97 Å². The van der Waals surface area contributed by atoms with E-state index in [1.54, 1.807) is 16.9 Å². The van der Waals surface area contributed by atoms with Crippen LogP contribution in [-0.4, -0.2) is 25.8 Å². The van der Waals surface area contributed by atoms with E-state index in [9.17, 15) is 4.79 Å². The number of carbonyl (C=O) groups is 1. The third-order valence-electron chi connectivity index (χ3n) is 1.99. The van der Waals surface area contributed by atoms with Gasteiger partial charge in [-0.25, -0.2) is 9.78 Å². The number of halogens is 1. The van der Waals surface area contributed by atoms with Crippen LogP contribution < -0.4 is 0 Å². The van der Waals surface area contributed by atoms with Crippen molar-refractivity contribution in [2.45, 2.75) is 6.54 Å². The fourth-order valence-corrected chi connectivity index (χ4v) is 1.46. The van der Waals surface area contributed by atoms with Crippen molar-refractivity contribution in [2.24, 2.45) is 0 Å². The predicted molar refractivity (Wildman–Crippen MR) is 57.5 cm³/mol. The third kappa shape index (κ3) is 2.38. The molecule has 0 aliphatic heterocycles. The van der Waals surface area contributed by atoms with Crippen LogP contribution >= 0.6 is 11.6 Å². The van der Waals surface area contributed by atoms with Gasteiger partial charge in [0.05, 0.1) is 17.8 Å². The number of aromatic nitrogens is 3. The quantitative estimate of drug-likeness (QED) is 0.882. The minimum absolute atomic E-state index is 0.0238. The fraction of sp³-hybridized carbons (Fsp3) is 0.100. The number of hydrogen-bond acceptors (Lipinski definition) is 3. The maximum atomic E-state index is 10.7. The van der Waals surface area contributed by atoms with Crippen LogP contribution in [-0.2, 0) is 6.54 Å². The van der Waals surface area contributed by atoms with E-state index in [-0.39, 0.29) is 5.69 Å². The van der Waals surface area contributed by atoms with E-state index >= 15 is 0 Å². The van der Waals surface area contributed by atoms with Crippen molar-refractivity contribution in [3.63, 3.8) is 0 Å². The molecule has 0 aromatic carbocycles. The van der Waals surface area contributed by atoms with Crippen molar-refractivity contribution < 1.29 is 9.90 Å². The molecule has 0 aliphatic carbocycles. The monoisotopic (exact) mass is 237 g/mol. The first-order valence-electron chi connectivity index (χ1n) is 4.51. The summed E-state index contributed by atoms with van der Waals surface area (Å²) in [5.41, 5.74) is 0.836. The van der Waals surface area contributed by atoms with Gasteiger partial charge in [-0.3, -0.25) is 4.68 Å². The first-order valence-corrected chi connectivity index (χ1v) is 4.89. The molecule has 0 atom stereocenters.